The van der Waals surface area contributed by atoms with Crippen molar-refractivity contribution in [2.75, 3.05) is 7.11 Å². The molecule has 0 fully saturated rings. The van der Waals surface area contributed by atoms with Crippen LogP contribution >= 0.6 is 0 Å². The van der Waals surface area contributed by atoms with Gasteiger partial charge in [-0.3, -0.25) is 9.59 Å². The Bertz CT molecular complexity index is 600. The SMILES string of the molecule is COC(=O)Cc1cn(CC(=O)O)c2ccccc12. The largest absolute Gasteiger partial charge is 0.480 e. The van der Waals surface area contributed by atoms with Crippen molar-refractivity contribution in [2.45, 2.75) is 13.0 Å². The molecule has 0 saturated heterocycles. The Kier molecular flexibility index (Phi) is 3.32. The lowest BCUT2D eigenvalue weighted by atomic mass is 10.1. The monoisotopic (exact) mass is 247 g/mol. The highest BCUT2D eigenvalue weighted by molar-refractivity contribution is 5.88. The molecule has 0 aliphatic heterocycles. The quantitative estimate of drug-likeness (QED) is 0.830. The highest BCUT2D eigenvalue weighted by Crippen LogP contribution is 2.22. The summed E-state index contributed by atoms with van der Waals surface area (Å²) in [6.45, 7) is -0.123. The molecule has 0 saturated carbocycles. The molecule has 5 nitrogen and oxygen atoms in total. The third kappa shape index (κ3) is 2.34. The van der Waals surface area contributed by atoms with E-state index in [9.17, 15) is 9.59 Å². The number of ether oxygens (including phenoxy) is 1. The van der Waals surface area contributed by atoms with E-state index in [2.05, 4.69) is 4.74 Å². The van der Waals surface area contributed by atoms with Crippen LogP contribution in [0.1, 0.15) is 5.56 Å². The maximum absolute atomic E-state index is 11.3. The first-order chi connectivity index (χ1) is 8.61. The molecule has 18 heavy (non-hydrogen) atoms. The molecule has 0 aliphatic carbocycles. The summed E-state index contributed by atoms with van der Waals surface area (Å²) in [7, 11) is 1.33. The fourth-order valence-electron chi connectivity index (χ4n) is 1.97. The van der Waals surface area contributed by atoms with Crippen LogP contribution in [0.15, 0.2) is 30.5 Å². The maximum Gasteiger partial charge on any atom is 0.323 e. The molecule has 0 atom stereocenters. The fourth-order valence-corrected chi connectivity index (χ4v) is 1.97. The smallest absolute Gasteiger partial charge is 0.323 e. The topological polar surface area (TPSA) is 68.5 Å². The number of nitrogens with zero attached hydrogens (tertiary/aromatic N) is 1. The molecule has 5 heteroatoms. The molecule has 1 aromatic carbocycles. The number of rotatable bonds is 4. The maximum atomic E-state index is 11.3. The molecule has 94 valence electrons. The Morgan fingerprint density at radius 2 is 2.06 bits per heavy atom. The van der Waals surface area contributed by atoms with E-state index >= 15 is 0 Å². The number of carboxylic acids is 1. The first-order valence-corrected chi connectivity index (χ1v) is 5.47. The van der Waals surface area contributed by atoms with Gasteiger partial charge in [-0.2, -0.15) is 0 Å². The van der Waals surface area contributed by atoms with Gasteiger partial charge in [-0.15, -0.1) is 0 Å². The second-order valence-electron chi connectivity index (χ2n) is 3.95. The van der Waals surface area contributed by atoms with Gasteiger partial charge in [0.25, 0.3) is 0 Å². The summed E-state index contributed by atoms with van der Waals surface area (Å²) in [6, 6.07) is 7.39. The molecule has 0 spiro atoms. The lowest BCUT2D eigenvalue weighted by Crippen LogP contribution is -2.07. The van der Waals surface area contributed by atoms with E-state index in [-0.39, 0.29) is 18.9 Å². The Morgan fingerprint density at radius 1 is 1.33 bits per heavy atom. The van der Waals surface area contributed by atoms with E-state index in [1.807, 2.05) is 24.3 Å². The van der Waals surface area contributed by atoms with Crippen LogP contribution in [-0.4, -0.2) is 28.7 Å². The van der Waals surface area contributed by atoms with E-state index in [4.69, 9.17) is 5.11 Å². The van der Waals surface area contributed by atoms with Gasteiger partial charge in [0, 0.05) is 17.1 Å². The summed E-state index contributed by atoms with van der Waals surface area (Å²) in [5.41, 5.74) is 1.58. The molecule has 0 amide bonds. The second kappa shape index (κ2) is 4.91. The van der Waals surface area contributed by atoms with E-state index < -0.39 is 5.97 Å². The Labute approximate surface area is 104 Å². The number of hydrogen-bond acceptors (Lipinski definition) is 3. The first-order valence-electron chi connectivity index (χ1n) is 5.47. The van der Waals surface area contributed by atoms with Crippen LogP contribution in [0.3, 0.4) is 0 Å². The summed E-state index contributed by atoms with van der Waals surface area (Å²) < 4.78 is 6.25. The van der Waals surface area contributed by atoms with Gasteiger partial charge >= 0.3 is 11.9 Å². The van der Waals surface area contributed by atoms with Gasteiger partial charge in [-0.1, -0.05) is 18.2 Å². The number of benzene rings is 1. The average molecular weight is 247 g/mol. The number of hydrogen-bond donors (Lipinski definition) is 1. The molecule has 1 aromatic heterocycles. The minimum Gasteiger partial charge on any atom is -0.480 e. The van der Waals surface area contributed by atoms with Crippen LogP contribution < -0.4 is 0 Å². The van der Waals surface area contributed by atoms with Crippen LogP contribution in [0, 0.1) is 0 Å². The van der Waals surface area contributed by atoms with Crippen LogP contribution in [-0.2, 0) is 27.3 Å². The van der Waals surface area contributed by atoms with Gasteiger partial charge in [0.2, 0.25) is 0 Å². The van der Waals surface area contributed by atoms with Crippen LogP contribution in [0.2, 0.25) is 0 Å². The predicted octanol–water partition coefficient (Wildman–Crippen LogP) is 1.44. The van der Waals surface area contributed by atoms with Gasteiger partial charge < -0.3 is 14.4 Å². The van der Waals surface area contributed by atoms with Crippen molar-refractivity contribution in [1.29, 1.82) is 0 Å². The van der Waals surface area contributed by atoms with Crippen molar-refractivity contribution >= 4 is 22.8 Å². The van der Waals surface area contributed by atoms with E-state index in [0.717, 1.165) is 16.5 Å². The van der Waals surface area contributed by atoms with E-state index in [0.29, 0.717) is 0 Å². The molecule has 0 unspecified atom stereocenters. The van der Waals surface area contributed by atoms with Crippen LogP contribution in [0.5, 0.6) is 0 Å². The normalized spacial score (nSPS) is 10.5. The molecule has 0 radical (unpaired) electrons. The molecular weight excluding hydrogens is 234 g/mol. The minimum atomic E-state index is -0.916. The number of carboxylic acid groups (broad SMARTS) is 1. The van der Waals surface area contributed by atoms with Gasteiger partial charge in [0.1, 0.15) is 6.54 Å². The van der Waals surface area contributed by atoms with Crippen molar-refractivity contribution in [3.05, 3.63) is 36.0 Å². The third-order valence-corrected chi connectivity index (χ3v) is 2.74. The lowest BCUT2D eigenvalue weighted by molar-refractivity contribution is -0.140. The summed E-state index contributed by atoms with van der Waals surface area (Å²) in [5.74, 6) is -1.26. The first kappa shape index (κ1) is 12.2. The van der Waals surface area contributed by atoms with E-state index in [1.165, 1.54) is 7.11 Å². The zero-order chi connectivity index (χ0) is 13.1. The van der Waals surface area contributed by atoms with E-state index in [1.54, 1.807) is 10.8 Å². The van der Waals surface area contributed by atoms with Crippen molar-refractivity contribution < 1.29 is 19.4 Å². The summed E-state index contributed by atoms with van der Waals surface area (Å²) in [6.07, 6.45) is 1.83. The Morgan fingerprint density at radius 3 is 2.72 bits per heavy atom. The number of esters is 1. The molecule has 1 N–H and O–H groups in total. The number of carbonyl (C=O) groups is 2. The van der Waals surface area contributed by atoms with Crippen molar-refractivity contribution in [3.8, 4) is 0 Å². The van der Waals surface area contributed by atoms with Crippen LogP contribution in [0.4, 0.5) is 0 Å². The predicted molar refractivity (Wildman–Crippen MR) is 65.3 cm³/mol. The Balaban J connectivity index is 2.47. The second-order valence-corrected chi connectivity index (χ2v) is 3.95. The van der Waals surface area contributed by atoms with Crippen molar-refractivity contribution in [3.63, 3.8) is 0 Å². The Hall–Kier alpha value is -2.30. The number of aromatic nitrogens is 1. The molecule has 1 heterocycles. The highest BCUT2D eigenvalue weighted by atomic mass is 16.5. The summed E-state index contributed by atoms with van der Waals surface area (Å²) in [4.78, 5) is 22.1. The summed E-state index contributed by atoms with van der Waals surface area (Å²) in [5, 5.41) is 9.73. The number of para-hydroxylation sites is 1. The third-order valence-electron chi connectivity index (χ3n) is 2.74. The fraction of sp³-hybridized carbons (Fsp3) is 0.231. The number of aliphatic carboxylic acids is 1. The molecule has 0 aliphatic rings. The van der Waals surface area contributed by atoms with Gasteiger partial charge in [0.05, 0.1) is 13.5 Å². The average Bonchev–Trinajstić information content (AvgIpc) is 2.67. The van der Waals surface area contributed by atoms with Crippen molar-refractivity contribution in [1.82, 2.24) is 4.57 Å². The number of carbonyl (C=O) groups excluding carboxylic acids is 1. The highest BCUT2D eigenvalue weighted by Gasteiger charge is 2.13. The zero-order valence-electron chi connectivity index (χ0n) is 9.92. The number of methoxy groups -OCH3 is 1. The lowest BCUT2D eigenvalue weighted by Gasteiger charge is -1.99. The molecular formula is C13H13NO4. The van der Waals surface area contributed by atoms with Gasteiger partial charge in [-0.05, 0) is 11.6 Å². The van der Waals surface area contributed by atoms with Crippen molar-refractivity contribution in [2.24, 2.45) is 0 Å². The van der Waals surface area contributed by atoms with Gasteiger partial charge in [0.15, 0.2) is 0 Å². The molecule has 2 rings (SSSR count). The van der Waals surface area contributed by atoms with Crippen LogP contribution in [0.25, 0.3) is 10.9 Å². The van der Waals surface area contributed by atoms with Gasteiger partial charge in [-0.25, -0.2) is 0 Å². The molecule has 0 bridgehead atoms. The minimum absolute atomic E-state index is 0.123. The standard InChI is InChI=1S/C13H13NO4/c1-18-13(17)6-9-7-14(8-12(15)16)11-5-3-2-4-10(9)11/h2-5,7H,6,8H2,1H3,(H,15,16). The zero-order valence-corrected chi connectivity index (χ0v) is 9.92. The summed E-state index contributed by atoms with van der Waals surface area (Å²) >= 11 is 0. The molecule has 2 aromatic rings. The number of fused-ring (bicyclic) bond motifs is 1.